The summed E-state index contributed by atoms with van der Waals surface area (Å²) in [5.74, 6) is 0.712. The first kappa shape index (κ1) is 13.0. The Balaban J connectivity index is 2.31. The second-order valence-corrected chi connectivity index (χ2v) is 5.13. The smallest absolute Gasteiger partial charge is 0.0806 e. The molecular weight excluding hydrogens is 186 g/mol. The van der Waals surface area contributed by atoms with Crippen LogP contribution in [0.5, 0.6) is 0 Å². The summed E-state index contributed by atoms with van der Waals surface area (Å²) in [4.78, 5) is 0. The van der Waals surface area contributed by atoms with E-state index in [0.29, 0.717) is 5.92 Å². The van der Waals surface area contributed by atoms with Gasteiger partial charge in [0.25, 0.3) is 0 Å². The number of ether oxygens (including phenoxy) is 1. The fraction of sp³-hybridized carbons (Fsp3) is 1.00. The monoisotopic (exact) mass is 213 g/mol. The van der Waals surface area contributed by atoms with Gasteiger partial charge in [-0.2, -0.15) is 0 Å². The molecule has 0 aliphatic heterocycles. The van der Waals surface area contributed by atoms with Crippen LogP contribution in [-0.4, -0.2) is 25.8 Å². The van der Waals surface area contributed by atoms with Gasteiger partial charge in [-0.1, -0.05) is 33.1 Å². The predicted molar refractivity (Wildman–Crippen MR) is 65.1 cm³/mol. The third kappa shape index (κ3) is 4.12. The molecule has 90 valence electrons. The van der Waals surface area contributed by atoms with Crippen LogP contribution >= 0.6 is 0 Å². The molecule has 0 aromatic rings. The molecule has 1 aliphatic rings. The summed E-state index contributed by atoms with van der Waals surface area (Å²) in [6.45, 7) is 6.50. The van der Waals surface area contributed by atoms with E-state index in [0.717, 1.165) is 13.2 Å². The van der Waals surface area contributed by atoms with E-state index in [9.17, 15) is 0 Å². The highest BCUT2D eigenvalue weighted by Crippen LogP contribution is 2.33. The van der Waals surface area contributed by atoms with Crippen LogP contribution in [0, 0.1) is 5.92 Å². The van der Waals surface area contributed by atoms with Gasteiger partial charge in [0.2, 0.25) is 0 Å². The maximum Gasteiger partial charge on any atom is 0.0806 e. The van der Waals surface area contributed by atoms with Gasteiger partial charge in [-0.15, -0.1) is 0 Å². The highest BCUT2D eigenvalue weighted by Gasteiger charge is 2.34. The lowest BCUT2D eigenvalue weighted by molar-refractivity contribution is -0.0528. The minimum atomic E-state index is 0.163. The van der Waals surface area contributed by atoms with Crippen LogP contribution < -0.4 is 5.32 Å². The van der Waals surface area contributed by atoms with Crippen molar-refractivity contribution >= 4 is 0 Å². The molecule has 15 heavy (non-hydrogen) atoms. The zero-order chi connectivity index (χ0) is 11.1. The van der Waals surface area contributed by atoms with Gasteiger partial charge in [0.1, 0.15) is 0 Å². The van der Waals surface area contributed by atoms with Gasteiger partial charge < -0.3 is 10.1 Å². The summed E-state index contributed by atoms with van der Waals surface area (Å²) < 4.78 is 6.18. The van der Waals surface area contributed by atoms with Crippen molar-refractivity contribution in [2.45, 2.75) is 58.0 Å². The Bertz CT molecular complexity index is 164. The maximum absolute atomic E-state index is 6.18. The number of hydrogen-bond donors (Lipinski definition) is 1. The van der Waals surface area contributed by atoms with Gasteiger partial charge >= 0.3 is 0 Å². The molecule has 2 heteroatoms. The van der Waals surface area contributed by atoms with E-state index < -0.39 is 0 Å². The summed E-state index contributed by atoms with van der Waals surface area (Å²) in [5, 5.41) is 3.28. The quantitative estimate of drug-likeness (QED) is 0.702. The summed E-state index contributed by atoms with van der Waals surface area (Å²) in [6.07, 6.45) is 7.71. The minimum absolute atomic E-state index is 0.163. The predicted octanol–water partition coefficient (Wildman–Crippen LogP) is 2.97. The van der Waals surface area contributed by atoms with E-state index in [1.54, 1.807) is 0 Å². The lowest BCUT2D eigenvalue weighted by atomic mass is 10.0. The van der Waals surface area contributed by atoms with Crippen molar-refractivity contribution in [1.82, 2.24) is 5.32 Å². The van der Waals surface area contributed by atoms with Crippen LogP contribution in [0.15, 0.2) is 0 Å². The van der Waals surface area contributed by atoms with Gasteiger partial charge in [0.05, 0.1) is 5.60 Å². The van der Waals surface area contributed by atoms with E-state index in [1.807, 2.05) is 7.05 Å². The molecule has 0 aromatic carbocycles. The van der Waals surface area contributed by atoms with E-state index in [4.69, 9.17) is 4.74 Å². The molecule has 0 radical (unpaired) electrons. The Kier molecular flexibility index (Phi) is 5.62. The standard InChI is InChI=1S/C13H27NO/c1-4-7-12(2)10-15-13(11-14-3)8-5-6-9-13/h12,14H,4-11H2,1-3H3. The van der Waals surface area contributed by atoms with Crippen molar-refractivity contribution < 1.29 is 4.74 Å². The van der Waals surface area contributed by atoms with Crippen LogP contribution in [0.2, 0.25) is 0 Å². The Morgan fingerprint density at radius 2 is 2.00 bits per heavy atom. The van der Waals surface area contributed by atoms with Crippen LogP contribution in [0.25, 0.3) is 0 Å². The fourth-order valence-corrected chi connectivity index (χ4v) is 2.61. The molecule has 1 N–H and O–H groups in total. The molecule has 2 nitrogen and oxygen atoms in total. The minimum Gasteiger partial charge on any atom is -0.373 e. The molecule has 1 atom stereocenters. The fourth-order valence-electron chi connectivity index (χ4n) is 2.61. The average Bonchev–Trinajstić information content (AvgIpc) is 2.65. The molecule has 1 saturated carbocycles. The maximum atomic E-state index is 6.18. The summed E-state index contributed by atoms with van der Waals surface area (Å²) in [6, 6.07) is 0. The van der Waals surface area contributed by atoms with Crippen LogP contribution in [0.3, 0.4) is 0 Å². The van der Waals surface area contributed by atoms with Crippen LogP contribution in [0.4, 0.5) is 0 Å². The Hall–Kier alpha value is -0.0800. The first-order chi connectivity index (χ1) is 7.22. The molecular formula is C13H27NO. The Labute approximate surface area is 94.8 Å². The average molecular weight is 213 g/mol. The summed E-state index contributed by atoms with van der Waals surface area (Å²) in [7, 11) is 2.03. The molecule has 1 unspecified atom stereocenters. The molecule has 0 heterocycles. The molecule has 0 amide bonds. The van der Waals surface area contributed by atoms with Crippen molar-refractivity contribution in [2.24, 2.45) is 5.92 Å². The van der Waals surface area contributed by atoms with Gasteiger partial charge in [0, 0.05) is 13.2 Å². The van der Waals surface area contributed by atoms with Crippen molar-refractivity contribution in [3.8, 4) is 0 Å². The largest absolute Gasteiger partial charge is 0.373 e. The lowest BCUT2D eigenvalue weighted by Crippen LogP contribution is -2.40. The Morgan fingerprint density at radius 1 is 1.33 bits per heavy atom. The molecule has 0 bridgehead atoms. The zero-order valence-corrected chi connectivity index (χ0v) is 10.6. The van der Waals surface area contributed by atoms with E-state index in [1.165, 1.54) is 38.5 Å². The summed E-state index contributed by atoms with van der Waals surface area (Å²) >= 11 is 0. The lowest BCUT2D eigenvalue weighted by Gasteiger charge is -2.30. The second kappa shape index (κ2) is 6.49. The first-order valence-electron chi connectivity index (χ1n) is 6.51. The molecule has 0 saturated heterocycles. The second-order valence-electron chi connectivity index (χ2n) is 5.13. The molecule has 1 fully saturated rings. The van der Waals surface area contributed by atoms with E-state index in [-0.39, 0.29) is 5.60 Å². The molecule has 1 aliphatic carbocycles. The SMILES string of the molecule is CCCC(C)COC1(CNC)CCCC1. The van der Waals surface area contributed by atoms with Gasteiger partial charge in [-0.25, -0.2) is 0 Å². The summed E-state index contributed by atoms with van der Waals surface area (Å²) in [5.41, 5.74) is 0.163. The van der Waals surface area contributed by atoms with Crippen molar-refractivity contribution in [3.63, 3.8) is 0 Å². The van der Waals surface area contributed by atoms with Crippen molar-refractivity contribution in [3.05, 3.63) is 0 Å². The van der Waals surface area contributed by atoms with Crippen molar-refractivity contribution in [1.29, 1.82) is 0 Å². The molecule has 1 rings (SSSR count). The number of rotatable bonds is 7. The number of nitrogens with one attached hydrogen (secondary N) is 1. The van der Waals surface area contributed by atoms with Gasteiger partial charge in [0.15, 0.2) is 0 Å². The topological polar surface area (TPSA) is 21.3 Å². The molecule has 0 spiro atoms. The van der Waals surface area contributed by atoms with Crippen molar-refractivity contribution in [2.75, 3.05) is 20.2 Å². The third-order valence-electron chi connectivity index (χ3n) is 3.47. The highest BCUT2D eigenvalue weighted by molar-refractivity contribution is 4.88. The highest BCUT2D eigenvalue weighted by atomic mass is 16.5. The Morgan fingerprint density at radius 3 is 2.53 bits per heavy atom. The zero-order valence-electron chi connectivity index (χ0n) is 10.6. The number of likely N-dealkylation sites (N-methyl/N-ethyl adjacent to an activating group) is 1. The van der Waals surface area contributed by atoms with E-state index >= 15 is 0 Å². The van der Waals surface area contributed by atoms with E-state index in [2.05, 4.69) is 19.2 Å². The van der Waals surface area contributed by atoms with Gasteiger partial charge in [-0.3, -0.25) is 0 Å². The first-order valence-corrected chi connectivity index (χ1v) is 6.51. The van der Waals surface area contributed by atoms with Crippen LogP contribution in [0.1, 0.15) is 52.4 Å². The normalized spacial score (nSPS) is 21.8. The number of hydrogen-bond acceptors (Lipinski definition) is 2. The molecule has 0 aromatic heterocycles. The third-order valence-corrected chi connectivity index (χ3v) is 3.47. The van der Waals surface area contributed by atoms with Crippen LogP contribution in [-0.2, 0) is 4.74 Å². The van der Waals surface area contributed by atoms with Gasteiger partial charge in [-0.05, 0) is 32.2 Å².